The summed E-state index contributed by atoms with van der Waals surface area (Å²) < 4.78 is 0. The van der Waals surface area contributed by atoms with E-state index in [1.54, 1.807) is 0 Å². The van der Waals surface area contributed by atoms with Crippen molar-refractivity contribution in [3.05, 3.63) is 0 Å². The smallest absolute Gasteiger partial charge is 0.0846 e. The molecule has 0 aromatic rings. The summed E-state index contributed by atoms with van der Waals surface area (Å²) in [6.45, 7) is 6.55. The summed E-state index contributed by atoms with van der Waals surface area (Å²) in [4.78, 5) is 0. The molecule has 0 nitrogen and oxygen atoms in total. The van der Waals surface area contributed by atoms with Crippen LogP contribution in [0.3, 0.4) is 0 Å². The summed E-state index contributed by atoms with van der Waals surface area (Å²) in [5, 5.41) is 0.356. The molecule has 0 aromatic heterocycles. The average Bonchev–Trinajstić information content (AvgIpc) is 1.63. The standard InChI is InChI=1S/C7H15BS/c1-4-9-7(8)5-6(2)3/h6-7H,4-5H2,1-3H3. The first-order valence-electron chi connectivity index (χ1n) is 3.54. The van der Waals surface area contributed by atoms with E-state index in [0.29, 0.717) is 5.15 Å². The maximum absolute atomic E-state index is 5.75. The Morgan fingerprint density at radius 2 is 2.00 bits per heavy atom. The van der Waals surface area contributed by atoms with Gasteiger partial charge in [-0.25, -0.2) is 0 Å². The van der Waals surface area contributed by atoms with Crippen LogP contribution < -0.4 is 0 Å². The Morgan fingerprint density at radius 3 is 2.33 bits per heavy atom. The number of hydrogen-bond acceptors (Lipinski definition) is 1. The third-order valence-electron chi connectivity index (χ3n) is 1.08. The first kappa shape index (κ1) is 9.41. The zero-order chi connectivity index (χ0) is 7.28. The molecular weight excluding hydrogens is 127 g/mol. The van der Waals surface area contributed by atoms with Crippen molar-refractivity contribution in [2.24, 2.45) is 5.92 Å². The fraction of sp³-hybridized carbons (Fsp3) is 1.00. The van der Waals surface area contributed by atoms with Crippen LogP contribution in [-0.4, -0.2) is 18.7 Å². The quantitative estimate of drug-likeness (QED) is 0.542. The topological polar surface area (TPSA) is 0 Å². The lowest BCUT2D eigenvalue weighted by atomic mass is 9.95. The Labute approximate surface area is 64.2 Å². The Balaban J connectivity index is 3.15. The lowest BCUT2D eigenvalue weighted by Gasteiger charge is -2.11. The molecule has 0 bridgehead atoms. The predicted octanol–water partition coefficient (Wildman–Crippen LogP) is 2.28. The Kier molecular flexibility index (Phi) is 5.46. The van der Waals surface area contributed by atoms with Crippen LogP contribution in [0.5, 0.6) is 0 Å². The largest absolute Gasteiger partial charge is 0.169 e. The molecular formula is C7H15BS. The summed E-state index contributed by atoms with van der Waals surface area (Å²) in [7, 11) is 5.75. The third-order valence-corrected chi connectivity index (χ3v) is 2.04. The molecule has 0 aliphatic carbocycles. The van der Waals surface area contributed by atoms with Crippen LogP contribution in [-0.2, 0) is 0 Å². The highest BCUT2D eigenvalue weighted by atomic mass is 32.2. The van der Waals surface area contributed by atoms with Crippen LogP contribution in [0.4, 0.5) is 0 Å². The predicted molar refractivity (Wildman–Crippen MR) is 47.1 cm³/mol. The van der Waals surface area contributed by atoms with Gasteiger partial charge in [0.15, 0.2) is 0 Å². The van der Waals surface area contributed by atoms with Crippen molar-refractivity contribution in [1.82, 2.24) is 0 Å². The Hall–Kier alpha value is 0.415. The molecule has 0 fully saturated rings. The molecule has 2 radical (unpaired) electrons. The summed E-state index contributed by atoms with van der Waals surface area (Å²) >= 11 is 1.84. The first-order chi connectivity index (χ1) is 4.16. The highest BCUT2D eigenvalue weighted by Gasteiger charge is 2.02. The molecule has 0 spiro atoms. The third kappa shape index (κ3) is 6.30. The van der Waals surface area contributed by atoms with Crippen LogP contribution in [0.15, 0.2) is 0 Å². The van der Waals surface area contributed by atoms with E-state index in [1.807, 2.05) is 11.8 Å². The first-order valence-corrected chi connectivity index (χ1v) is 4.58. The molecule has 0 rings (SSSR count). The van der Waals surface area contributed by atoms with Gasteiger partial charge < -0.3 is 0 Å². The zero-order valence-corrected chi connectivity index (χ0v) is 7.37. The van der Waals surface area contributed by atoms with Crippen molar-refractivity contribution >= 4 is 19.6 Å². The number of thioether (sulfide) groups is 1. The molecule has 2 heteroatoms. The van der Waals surface area contributed by atoms with Crippen molar-refractivity contribution in [3.63, 3.8) is 0 Å². The SMILES string of the molecule is [B]C(CC(C)C)SCC. The molecule has 0 aliphatic heterocycles. The molecule has 0 N–H and O–H groups in total. The molecule has 9 heavy (non-hydrogen) atoms. The minimum Gasteiger partial charge on any atom is -0.169 e. The minimum absolute atomic E-state index is 0.356. The van der Waals surface area contributed by atoms with Crippen LogP contribution in [0.2, 0.25) is 0 Å². The van der Waals surface area contributed by atoms with Crippen LogP contribution in [0.25, 0.3) is 0 Å². The van der Waals surface area contributed by atoms with Gasteiger partial charge in [-0.15, -0.1) is 0 Å². The summed E-state index contributed by atoms with van der Waals surface area (Å²) in [5.41, 5.74) is 0. The summed E-state index contributed by atoms with van der Waals surface area (Å²) in [6.07, 6.45) is 1.14. The van der Waals surface area contributed by atoms with E-state index in [2.05, 4.69) is 20.8 Å². The maximum Gasteiger partial charge on any atom is 0.0846 e. The number of rotatable bonds is 4. The molecule has 0 saturated carbocycles. The van der Waals surface area contributed by atoms with Gasteiger partial charge in [-0.1, -0.05) is 20.8 Å². The van der Waals surface area contributed by atoms with E-state index in [-0.39, 0.29) is 0 Å². The van der Waals surface area contributed by atoms with Gasteiger partial charge in [0, 0.05) is 0 Å². The van der Waals surface area contributed by atoms with Gasteiger partial charge in [0.2, 0.25) is 0 Å². The van der Waals surface area contributed by atoms with Gasteiger partial charge in [0.25, 0.3) is 0 Å². The molecule has 0 amide bonds. The van der Waals surface area contributed by atoms with Gasteiger partial charge in [0.05, 0.1) is 7.85 Å². The number of hydrogen-bond donors (Lipinski definition) is 0. The molecule has 1 atom stereocenters. The van der Waals surface area contributed by atoms with Gasteiger partial charge in [-0.05, 0) is 23.2 Å². The maximum atomic E-state index is 5.75. The van der Waals surface area contributed by atoms with Crippen molar-refractivity contribution in [2.75, 3.05) is 5.75 Å². The highest BCUT2D eigenvalue weighted by molar-refractivity contribution is 8.00. The monoisotopic (exact) mass is 142 g/mol. The van der Waals surface area contributed by atoms with Crippen molar-refractivity contribution in [2.45, 2.75) is 32.3 Å². The van der Waals surface area contributed by atoms with Gasteiger partial charge in [-0.3, -0.25) is 0 Å². The average molecular weight is 142 g/mol. The molecule has 0 aromatic carbocycles. The minimum atomic E-state index is 0.356. The Bertz CT molecular complexity index is 63.9. The normalized spacial score (nSPS) is 14.2. The second-order valence-electron chi connectivity index (χ2n) is 2.62. The lowest BCUT2D eigenvalue weighted by molar-refractivity contribution is 0.617. The molecule has 52 valence electrons. The van der Waals surface area contributed by atoms with Crippen molar-refractivity contribution in [3.8, 4) is 0 Å². The second kappa shape index (κ2) is 5.22. The van der Waals surface area contributed by atoms with E-state index in [0.717, 1.165) is 18.1 Å². The summed E-state index contributed by atoms with van der Waals surface area (Å²) in [6, 6.07) is 0. The lowest BCUT2D eigenvalue weighted by Crippen LogP contribution is -2.06. The highest BCUT2D eigenvalue weighted by Crippen LogP contribution is 2.14. The van der Waals surface area contributed by atoms with Gasteiger partial charge in [0.1, 0.15) is 0 Å². The summed E-state index contributed by atoms with van der Waals surface area (Å²) in [5.74, 6) is 1.87. The van der Waals surface area contributed by atoms with E-state index < -0.39 is 0 Å². The second-order valence-corrected chi connectivity index (χ2v) is 4.14. The van der Waals surface area contributed by atoms with E-state index in [4.69, 9.17) is 7.85 Å². The van der Waals surface area contributed by atoms with Gasteiger partial charge >= 0.3 is 0 Å². The molecule has 0 heterocycles. The van der Waals surface area contributed by atoms with Crippen molar-refractivity contribution < 1.29 is 0 Å². The van der Waals surface area contributed by atoms with Gasteiger partial charge in [-0.2, -0.15) is 11.8 Å². The molecule has 1 unspecified atom stereocenters. The van der Waals surface area contributed by atoms with E-state index >= 15 is 0 Å². The molecule has 0 saturated heterocycles. The Morgan fingerprint density at radius 1 is 1.44 bits per heavy atom. The van der Waals surface area contributed by atoms with Crippen LogP contribution in [0.1, 0.15) is 27.2 Å². The van der Waals surface area contributed by atoms with Crippen LogP contribution >= 0.6 is 11.8 Å². The van der Waals surface area contributed by atoms with Crippen molar-refractivity contribution in [1.29, 1.82) is 0 Å². The molecule has 0 aliphatic rings. The zero-order valence-electron chi connectivity index (χ0n) is 6.55. The fourth-order valence-corrected chi connectivity index (χ4v) is 1.70. The fourth-order valence-electron chi connectivity index (χ4n) is 0.747. The van der Waals surface area contributed by atoms with E-state index in [9.17, 15) is 0 Å². The van der Waals surface area contributed by atoms with E-state index in [1.165, 1.54) is 0 Å². The van der Waals surface area contributed by atoms with Crippen LogP contribution in [0, 0.1) is 5.92 Å².